The lowest BCUT2D eigenvalue weighted by Crippen LogP contribution is -2.16. The molecule has 0 saturated heterocycles. The van der Waals surface area contributed by atoms with Gasteiger partial charge in [-0.3, -0.25) is 0 Å². The first-order valence-corrected chi connectivity index (χ1v) is 7.39. The minimum Gasteiger partial charge on any atom is -0.360 e. The van der Waals surface area contributed by atoms with Crippen molar-refractivity contribution in [2.24, 2.45) is 0 Å². The number of para-hydroxylation sites is 1. The fourth-order valence-electron chi connectivity index (χ4n) is 2.73. The Balaban J connectivity index is 1.80. The van der Waals surface area contributed by atoms with E-state index in [0.29, 0.717) is 0 Å². The van der Waals surface area contributed by atoms with Crippen molar-refractivity contribution in [1.82, 2.24) is 0 Å². The number of hydrogen-bond donors (Lipinski definition) is 1. The molecule has 0 atom stereocenters. The molecule has 1 heterocycles. The SMILES string of the molecule is COC(Cc1cccc2c1N[CH]N2Cc1ccccc1)OC. The molecule has 0 amide bonds. The number of hydrogen-bond acceptors (Lipinski definition) is 4. The number of anilines is 2. The third kappa shape index (κ3) is 3.08. The summed E-state index contributed by atoms with van der Waals surface area (Å²) < 4.78 is 10.6. The van der Waals surface area contributed by atoms with Crippen LogP contribution in [-0.2, 0) is 22.4 Å². The Kier molecular flexibility index (Phi) is 4.61. The highest BCUT2D eigenvalue weighted by molar-refractivity contribution is 5.80. The molecule has 0 fully saturated rings. The van der Waals surface area contributed by atoms with Crippen molar-refractivity contribution in [3.05, 3.63) is 66.3 Å². The van der Waals surface area contributed by atoms with Crippen LogP contribution < -0.4 is 10.2 Å². The van der Waals surface area contributed by atoms with Crippen molar-refractivity contribution >= 4 is 11.4 Å². The Morgan fingerprint density at radius 2 is 1.77 bits per heavy atom. The van der Waals surface area contributed by atoms with Gasteiger partial charge in [0.05, 0.1) is 11.4 Å². The largest absolute Gasteiger partial charge is 0.360 e. The predicted molar refractivity (Wildman–Crippen MR) is 88.5 cm³/mol. The summed E-state index contributed by atoms with van der Waals surface area (Å²) in [6.07, 6.45) is 0.493. The number of methoxy groups -OCH3 is 2. The van der Waals surface area contributed by atoms with Crippen LogP contribution in [0.25, 0.3) is 0 Å². The van der Waals surface area contributed by atoms with Crippen molar-refractivity contribution in [2.45, 2.75) is 19.3 Å². The minimum atomic E-state index is -0.225. The van der Waals surface area contributed by atoms with E-state index in [-0.39, 0.29) is 6.29 Å². The van der Waals surface area contributed by atoms with E-state index in [1.807, 2.05) is 12.7 Å². The van der Waals surface area contributed by atoms with Gasteiger partial charge in [-0.25, -0.2) is 0 Å². The van der Waals surface area contributed by atoms with Gasteiger partial charge < -0.3 is 19.7 Å². The fraction of sp³-hybridized carbons (Fsp3) is 0.278. The van der Waals surface area contributed by atoms with Crippen LogP contribution in [-0.4, -0.2) is 20.5 Å². The van der Waals surface area contributed by atoms with Gasteiger partial charge in [0.15, 0.2) is 6.29 Å². The van der Waals surface area contributed by atoms with E-state index < -0.39 is 0 Å². The van der Waals surface area contributed by atoms with Gasteiger partial charge >= 0.3 is 0 Å². The Bertz CT molecular complexity index is 612. The summed E-state index contributed by atoms with van der Waals surface area (Å²) in [6, 6.07) is 16.8. The van der Waals surface area contributed by atoms with Crippen molar-refractivity contribution in [2.75, 3.05) is 24.4 Å². The van der Waals surface area contributed by atoms with E-state index >= 15 is 0 Å². The smallest absolute Gasteiger partial charge is 0.160 e. The molecule has 0 bridgehead atoms. The van der Waals surface area contributed by atoms with Gasteiger partial charge in [-0.1, -0.05) is 42.5 Å². The summed E-state index contributed by atoms with van der Waals surface area (Å²) in [5, 5.41) is 3.38. The van der Waals surface area contributed by atoms with Crippen LogP contribution in [0.3, 0.4) is 0 Å². The highest BCUT2D eigenvalue weighted by atomic mass is 16.7. The molecule has 4 nitrogen and oxygen atoms in total. The van der Waals surface area contributed by atoms with Crippen LogP contribution in [0.15, 0.2) is 48.5 Å². The van der Waals surface area contributed by atoms with Crippen LogP contribution in [0.4, 0.5) is 11.4 Å². The molecule has 1 N–H and O–H groups in total. The first-order chi connectivity index (χ1) is 10.8. The van der Waals surface area contributed by atoms with Crippen LogP contribution in [0.5, 0.6) is 0 Å². The number of rotatable bonds is 6. The van der Waals surface area contributed by atoms with E-state index in [4.69, 9.17) is 9.47 Å². The second kappa shape index (κ2) is 6.81. The molecular weight excluding hydrogens is 276 g/mol. The highest BCUT2D eigenvalue weighted by Gasteiger charge is 2.23. The maximum atomic E-state index is 5.31. The maximum Gasteiger partial charge on any atom is 0.160 e. The summed E-state index contributed by atoms with van der Waals surface area (Å²) in [6.45, 7) is 2.87. The molecule has 0 aromatic heterocycles. The lowest BCUT2D eigenvalue weighted by Gasteiger charge is -2.18. The molecule has 0 aliphatic carbocycles. The molecular formula is C18H21N2O2. The van der Waals surface area contributed by atoms with Crippen molar-refractivity contribution < 1.29 is 9.47 Å². The zero-order valence-corrected chi connectivity index (χ0v) is 13.0. The highest BCUT2D eigenvalue weighted by Crippen LogP contribution is 2.37. The van der Waals surface area contributed by atoms with Gasteiger partial charge in [0.25, 0.3) is 0 Å². The number of benzene rings is 2. The molecule has 1 aliphatic rings. The number of ether oxygens (including phenoxy) is 2. The molecule has 1 aliphatic heterocycles. The molecule has 22 heavy (non-hydrogen) atoms. The summed E-state index contributed by atoms with van der Waals surface area (Å²) in [5.41, 5.74) is 4.80. The molecule has 1 radical (unpaired) electrons. The normalized spacial score (nSPS) is 13.3. The van der Waals surface area contributed by atoms with Crippen molar-refractivity contribution in [1.29, 1.82) is 0 Å². The van der Waals surface area contributed by atoms with E-state index in [0.717, 1.165) is 18.7 Å². The zero-order valence-electron chi connectivity index (χ0n) is 13.0. The second-order valence-corrected chi connectivity index (χ2v) is 5.30. The summed E-state index contributed by atoms with van der Waals surface area (Å²) in [5.74, 6) is 0. The first kappa shape index (κ1) is 14.9. The number of fused-ring (bicyclic) bond motifs is 1. The van der Waals surface area contributed by atoms with Gasteiger partial charge in [0.1, 0.15) is 6.67 Å². The quantitative estimate of drug-likeness (QED) is 0.829. The molecule has 2 aromatic rings. The third-order valence-corrected chi connectivity index (χ3v) is 3.91. The van der Waals surface area contributed by atoms with E-state index in [2.05, 4.69) is 52.7 Å². The lowest BCUT2D eigenvalue weighted by atomic mass is 10.1. The molecule has 3 rings (SSSR count). The molecule has 0 unspecified atom stereocenters. The fourth-order valence-corrected chi connectivity index (χ4v) is 2.73. The van der Waals surface area contributed by atoms with Gasteiger partial charge in [-0.15, -0.1) is 0 Å². The lowest BCUT2D eigenvalue weighted by molar-refractivity contribution is -0.100. The summed E-state index contributed by atoms with van der Waals surface area (Å²) in [4.78, 5) is 2.22. The van der Waals surface area contributed by atoms with Crippen molar-refractivity contribution in [3.63, 3.8) is 0 Å². The molecule has 4 heteroatoms. The molecule has 115 valence electrons. The average molecular weight is 297 g/mol. The van der Waals surface area contributed by atoms with Crippen LogP contribution >= 0.6 is 0 Å². The van der Waals surface area contributed by atoms with E-state index in [1.165, 1.54) is 16.8 Å². The topological polar surface area (TPSA) is 33.7 Å². The minimum absolute atomic E-state index is 0.225. The van der Waals surface area contributed by atoms with Crippen molar-refractivity contribution in [3.8, 4) is 0 Å². The number of nitrogens with one attached hydrogen (secondary N) is 1. The summed E-state index contributed by atoms with van der Waals surface area (Å²) in [7, 11) is 3.33. The predicted octanol–water partition coefficient (Wildman–Crippen LogP) is 3.40. The summed E-state index contributed by atoms with van der Waals surface area (Å²) >= 11 is 0. The Labute approximate surface area is 131 Å². The second-order valence-electron chi connectivity index (χ2n) is 5.30. The van der Waals surface area contributed by atoms with Gasteiger partial charge in [0.2, 0.25) is 0 Å². The van der Waals surface area contributed by atoms with Gasteiger partial charge in [-0.2, -0.15) is 0 Å². The Morgan fingerprint density at radius 3 is 2.50 bits per heavy atom. The standard InChI is InChI=1S/C18H21N2O2/c1-21-17(22-2)11-15-9-6-10-16-18(15)19-13-20(16)12-14-7-4-3-5-8-14/h3-10,13,17,19H,11-12H2,1-2H3. The van der Waals surface area contributed by atoms with Gasteiger partial charge in [0, 0.05) is 27.2 Å². The maximum absolute atomic E-state index is 5.31. The van der Waals surface area contributed by atoms with Crippen LogP contribution in [0.1, 0.15) is 11.1 Å². The molecule has 2 aromatic carbocycles. The van der Waals surface area contributed by atoms with Crippen LogP contribution in [0.2, 0.25) is 0 Å². The number of nitrogens with zero attached hydrogens (tertiary/aromatic N) is 1. The van der Waals surface area contributed by atoms with E-state index in [1.54, 1.807) is 14.2 Å². The van der Waals surface area contributed by atoms with Crippen LogP contribution in [0, 0.1) is 6.67 Å². The Hall–Kier alpha value is -2.04. The third-order valence-electron chi connectivity index (χ3n) is 3.91. The first-order valence-electron chi connectivity index (χ1n) is 7.39. The van der Waals surface area contributed by atoms with E-state index in [9.17, 15) is 0 Å². The monoisotopic (exact) mass is 297 g/mol. The molecule has 0 spiro atoms. The molecule has 0 saturated carbocycles. The zero-order chi connectivity index (χ0) is 15.4. The Morgan fingerprint density at radius 1 is 1.00 bits per heavy atom. The average Bonchev–Trinajstić information content (AvgIpc) is 2.97. The van der Waals surface area contributed by atoms with Gasteiger partial charge in [-0.05, 0) is 17.2 Å².